The van der Waals surface area contributed by atoms with Crippen LogP contribution >= 0.6 is 0 Å². The maximum atomic E-state index is 12.3. The number of rotatable bonds is 1. The molecule has 0 aliphatic carbocycles. The summed E-state index contributed by atoms with van der Waals surface area (Å²) in [5, 5.41) is 0. The number of hydrogen-bond acceptors (Lipinski definition) is 3. The number of carbonyl (C=O) groups excluding carboxylic acids is 1. The molecule has 92 valence electrons. The number of nitrogens with zero attached hydrogens (tertiary/aromatic N) is 2. The summed E-state index contributed by atoms with van der Waals surface area (Å²) < 4.78 is 0. The fraction of sp³-hybridized carbons (Fsp3) is 0.538. The molecule has 0 spiro atoms. The van der Waals surface area contributed by atoms with Gasteiger partial charge in [-0.25, -0.2) is 0 Å². The lowest BCUT2D eigenvalue weighted by molar-refractivity contribution is 0.0663. The van der Waals surface area contributed by atoms with Crippen LogP contribution < -0.4 is 5.73 Å². The molecule has 0 radical (unpaired) electrons. The summed E-state index contributed by atoms with van der Waals surface area (Å²) >= 11 is 0. The van der Waals surface area contributed by atoms with E-state index in [1.54, 1.807) is 12.3 Å². The zero-order chi connectivity index (χ0) is 12.4. The number of hydrogen-bond donors (Lipinski definition) is 1. The Bertz CT molecular complexity index is 419. The molecule has 2 heterocycles. The molecule has 1 fully saturated rings. The Hall–Kier alpha value is -1.42. The van der Waals surface area contributed by atoms with Crippen LogP contribution in [0.15, 0.2) is 18.3 Å². The molecule has 2 atom stereocenters. The van der Waals surface area contributed by atoms with Crippen molar-refractivity contribution >= 4 is 5.91 Å². The van der Waals surface area contributed by atoms with Gasteiger partial charge in [0, 0.05) is 31.0 Å². The summed E-state index contributed by atoms with van der Waals surface area (Å²) in [4.78, 5) is 18.4. The number of carbonyl (C=O) groups is 1. The summed E-state index contributed by atoms with van der Waals surface area (Å²) in [6, 6.07) is 3.86. The van der Waals surface area contributed by atoms with Gasteiger partial charge in [-0.15, -0.1) is 0 Å². The van der Waals surface area contributed by atoms with E-state index >= 15 is 0 Å². The first-order chi connectivity index (χ1) is 8.09. The van der Waals surface area contributed by atoms with Gasteiger partial charge >= 0.3 is 0 Å². The van der Waals surface area contributed by atoms with Crippen molar-refractivity contribution in [2.45, 2.75) is 26.3 Å². The molecule has 0 aromatic carbocycles. The van der Waals surface area contributed by atoms with Gasteiger partial charge in [0.05, 0.1) is 5.56 Å². The molecule has 1 saturated heterocycles. The van der Waals surface area contributed by atoms with Crippen molar-refractivity contribution in [2.75, 3.05) is 13.1 Å². The Balaban J connectivity index is 2.14. The SMILES string of the molecule is Cc1ncccc1C(=O)N1CCC(N)C(C)C1. The number of nitrogens with two attached hydrogens (primary N) is 1. The summed E-state index contributed by atoms with van der Waals surface area (Å²) in [5.41, 5.74) is 7.45. The molecule has 1 aromatic rings. The minimum atomic E-state index is 0.0781. The zero-order valence-corrected chi connectivity index (χ0v) is 10.4. The number of pyridine rings is 1. The van der Waals surface area contributed by atoms with E-state index in [2.05, 4.69) is 11.9 Å². The van der Waals surface area contributed by atoms with Gasteiger partial charge in [0.25, 0.3) is 5.91 Å². The molecule has 1 aliphatic heterocycles. The third kappa shape index (κ3) is 2.47. The zero-order valence-electron chi connectivity index (χ0n) is 10.4. The van der Waals surface area contributed by atoms with E-state index in [1.165, 1.54) is 0 Å². The van der Waals surface area contributed by atoms with Crippen molar-refractivity contribution in [3.05, 3.63) is 29.6 Å². The Labute approximate surface area is 102 Å². The van der Waals surface area contributed by atoms with Crippen LogP contribution in [0.2, 0.25) is 0 Å². The van der Waals surface area contributed by atoms with Gasteiger partial charge in [0.15, 0.2) is 0 Å². The van der Waals surface area contributed by atoms with Crippen molar-refractivity contribution in [1.82, 2.24) is 9.88 Å². The predicted molar refractivity (Wildman–Crippen MR) is 66.6 cm³/mol. The Kier molecular flexibility index (Phi) is 3.43. The van der Waals surface area contributed by atoms with Gasteiger partial charge in [-0.2, -0.15) is 0 Å². The number of piperidine rings is 1. The molecule has 2 unspecified atom stereocenters. The smallest absolute Gasteiger partial charge is 0.255 e. The molecule has 0 bridgehead atoms. The quantitative estimate of drug-likeness (QED) is 0.793. The first-order valence-electron chi connectivity index (χ1n) is 6.06. The van der Waals surface area contributed by atoms with Gasteiger partial charge in [-0.1, -0.05) is 6.92 Å². The van der Waals surface area contributed by atoms with Crippen molar-refractivity contribution in [1.29, 1.82) is 0 Å². The molecule has 1 aromatic heterocycles. The summed E-state index contributed by atoms with van der Waals surface area (Å²) in [7, 11) is 0. The number of aromatic nitrogens is 1. The fourth-order valence-electron chi connectivity index (χ4n) is 2.23. The Morgan fingerprint density at radius 2 is 2.35 bits per heavy atom. The lowest BCUT2D eigenvalue weighted by Gasteiger charge is -2.35. The van der Waals surface area contributed by atoms with E-state index in [0.29, 0.717) is 11.5 Å². The van der Waals surface area contributed by atoms with Gasteiger partial charge in [0.2, 0.25) is 0 Å². The largest absolute Gasteiger partial charge is 0.338 e. The van der Waals surface area contributed by atoms with E-state index in [0.717, 1.165) is 25.2 Å². The molecule has 4 nitrogen and oxygen atoms in total. The van der Waals surface area contributed by atoms with Crippen LogP contribution in [0.5, 0.6) is 0 Å². The van der Waals surface area contributed by atoms with Crippen LogP contribution in [0.3, 0.4) is 0 Å². The van der Waals surface area contributed by atoms with Crippen LogP contribution in [0.25, 0.3) is 0 Å². The number of amides is 1. The third-order valence-electron chi connectivity index (χ3n) is 3.50. The highest BCUT2D eigenvalue weighted by atomic mass is 16.2. The Morgan fingerprint density at radius 3 is 3.00 bits per heavy atom. The molecular formula is C13H19N3O. The van der Waals surface area contributed by atoms with Crippen LogP contribution in [-0.2, 0) is 0 Å². The summed E-state index contributed by atoms with van der Waals surface area (Å²) in [6.45, 7) is 5.46. The van der Waals surface area contributed by atoms with E-state index in [9.17, 15) is 4.79 Å². The summed E-state index contributed by atoms with van der Waals surface area (Å²) in [5.74, 6) is 0.444. The molecule has 17 heavy (non-hydrogen) atoms. The van der Waals surface area contributed by atoms with Gasteiger partial charge in [-0.3, -0.25) is 9.78 Å². The maximum Gasteiger partial charge on any atom is 0.255 e. The van der Waals surface area contributed by atoms with Crippen molar-refractivity contribution in [2.24, 2.45) is 11.7 Å². The van der Waals surface area contributed by atoms with E-state index in [1.807, 2.05) is 17.9 Å². The van der Waals surface area contributed by atoms with E-state index in [-0.39, 0.29) is 11.9 Å². The minimum absolute atomic E-state index is 0.0781. The highest BCUT2D eigenvalue weighted by Crippen LogP contribution is 2.18. The number of aryl methyl sites for hydroxylation is 1. The van der Waals surface area contributed by atoms with Crippen molar-refractivity contribution in [3.63, 3.8) is 0 Å². The second-order valence-corrected chi connectivity index (χ2v) is 4.82. The maximum absolute atomic E-state index is 12.3. The normalized spacial score (nSPS) is 24.8. The molecular weight excluding hydrogens is 214 g/mol. The minimum Gasteiger partial charge on any atom is -0.338 e. The molecule has 2 N–H and O–H groups in total. The average molecular weight is 233 g/mol. The predicted octanol–water partition coefficient (Wildman–Crippen LogP) is 1.20. The summed E-state index contributed by atoms with van der Waals surface area (Å²) in [6.07, 6.45) is 2.59. The first-order valence-corrected chi connectivity index (χ1v) is 6.06. The number of likely N-dealkylation sites (tertiary alicyclic amines) is 1. The highest BCUT2D eigenvalue weighted by Gasteiger charge is 2.27. The average Bonchev–Trinajstić information content (AvgIpc) is 2.32. The second-order valence-electron chi connectivity index (χ2n) is 4.82. The fourth-order valence-corrected chi connectivity index (χ4v) is 2.23. The first kappa shape index (κ1) is 12.0. The van der Waals surface area contributed by atoms with Crippen molar-refractivity contribution < 1.29 is 4.79 Å². The standard InChI is InChI=1S/C13H19N3O/c1-9-8-16(7-5-12(9)14)13(17)11-4-3-6-15-10(11)2/h3-4,6,9,12H,5,7-8,14H2,1-2H3. The molecule has 4 heteroatoms. The molecule has 1 aliphatic rings. The van der Waals surface area contributed by atoms with E-state index in [4.69, 9.17) is 5.73 Å². The van der Waals surface area contributed by atoms with Crippen LogP contribution in [0.1, 0.15) is 29.4 Å². The highest BCUT2D eigenvalue weighted by molar-refractivity contribution is 5.95. The second kappa shape index (κ2) is 4.84. The van der Waals surface area contributed by atoms with Crippen LogP contribution in [0, 0.1) is 12.8 Å². The van der Waals surface area contributed by atoms with Crippen LogP contribution in [-0.4, -0.2) is 34.9 Å². The van der Waals surface area contributed by atoms with Crippen molar-refractivity contribution in [3.8, 4) is 0 Å². The topological polar surface area (TPSA) is 59.2 Å². The van der Waals surface area contributed by atoms with E-state index < -0.39 is 0 Å². The van der Waals surface area contributed by atoms with Crippen LogP contribution in [0.4, 0.5) is 0 Å². The molecule has 2 rings (SSSR count). The lowest BCUT2D eigenvalue weighted by Crippen LogP contribution is -2.48. The van der Waals surface area contributed by atoms with Gasteiger partial charge in [0.1, 0.15) is 0 Å². The van der Waals surface area contributed by atoms with Gasteiger partial charge < -0.3 is 10.6 Å². The molecule has 0 saturated carbocycles. The van der Waals surface area contributed by atoms with Gasteiger partial charge in [-0.05, 0) is 31.4 Å². The monoisotopic (exact) mass is 233 g/mol. The lowest BCUT2D eigenvalue weighted by atomic mass is 9.94. The molecule has 1 amide bonds. The Morgan fingerprint density at radius 1 is 1.59 bits per heavy atom. The third-order valence-corrected chi connectivity index (χ3v) is 3.50.